The van der Waals surface area contributed by atoms with E-state index in [4.69, 9.17) is 13.9 Å². The van der Waals surface area contributed by atoms with E-state index in [9.17, 15) is 9.59 Å². The van der Waals surface area contributed by atoms with Gasteiger partial charge in [0.15, 0.2) is 11.6 Å². The SMILES string of the molecule is CCc1oc2cccc(C(=O)c3ccc(OC)cc3)c2c1C(=O)c1ccc(OC)cc1. The molecule has 0 saturated heterocycles. The fraction of sp³-hybridized carbons (Fsp3) is 0.154. The van der Waals surface area contributed by atoms with Gasteiger partial charge in [0.2, 0.25) is 0 Å². The zero-order valence-electron chi connectivity index (χ0n) is 17.6. The fourth-order valence-corrected chi connectivity index (χ4v) is 3.66. The van der Waals surface area contributed by atoms with Crippen LogP contribution in [0.2, 0.25) is 0 Å². The molecule has 0 aliphatic heterocycles. The summed E-state index contributed by atoms with van der Waals surface area (Å²) in [5, 5.41) is 0.543. The predicted octanol–water partition coefficient (Wildman–Crippen LogP) is 5.47. The summed E-state index contributed by atoms with van der Waals surface area (Å²) >= 11 is 0. The lowest BCUT2D eigenvalue weighted by atomic mass is 9.93. The van der Waals surface area contributed by atoms with Crippen LogP contribution in [0.5, 0.6) is 11.5 Å². The van der Waals surface area contributed by atoms with Gasteiger partial charge < -0.3 is 13.9 Å². The lowest BCUT2D eigenvalue weighted by Crippen LogP contribution is -2.07. The molecule has 5 nitrogen and oxygen atoms in total. The molecular formula is C26H22O5. The van der Waals surface area contributed by atoms with E-state index >= 15 is 0 Å². The van der Waals surface area contributed by atoms with E-state index < -0.39 is 0 Å². The summed E-state index contributed by atoms with van der Waals surface area (Å²) < 4.78 is 16.3. The topological polar surface area (TPSA) is 65.7 Å². The minimum Gasteiger partial charge on any atom is -0.497 e. The Balaban J connectivity index is 1.86. The molecule has 0 fully saturated rings. The first-order valence-electron chi connectivity index (χ1n) is 9.99. The summed E-state index contributed by atoms with van der Waals surface area (Å²) in [4.78, 5) is 26.8. The second-order valence-electron chi connectivity index (χ2n) is 7.05. The summed E-state index contributed by atoms with van der Waals surface area (Å²) in [6.45, 7) is 1.92. The first-order valence-corrected chi connectivity index (χ1v) is 9.99. The number of ether oxygens (including phenoxy) is 2. The van der Waals surface area contributed by atoms with Crippen molar-refractivity contribution in [3.8, 4) is 11.5 Å². The van der Waals surface area contributed by atoms with Crippen molar-refractivity contribution in [2.75, 3.05) is 14.2 Å². The van der Waals surface area contributed by atoms with Crippen LogP contribution in [0.4, 0.5) is 0 Å². The normalized spacial score (nSPS) is 10.8. The van der Waals surface area contributed by atoms with Crippen LogP contribution in [0.1, 0.15) is 44.5 Å². The molecule has 0 aliphatic rings. The third-order valence-corrected chi connectivity index (χ3v) is 5.29. The van der Waals surface area contributed by atoms with Gasteiger partial charge in [0.25, 0.3) is 0 Å². The number of hydrogen-bond acceptors (Lipinski definition) is 5. The molecule has 1 aromatic heterocycles. The van der Waals surface area contributed by atoms with Gasteiger partial charge in [-0.2, -0.15) is 0 Å². The maximum atomic E-state index is 13.5. The Morgan fingerprint density at radius 3 is 1.84 bits per heavy atom. The van der Waals surface area contributed by atoms with Gasteiger partial charge in [0.05, 0.1) is 19.8 Å². The molecule has 1 heterocycles. The molecule has 156 valence electrons. The maximum Gasteiger partial charge on any atom is 0.197 e. The Labute approximate surface area is 180 Å². The van der Waals surface area contributed by atoms with Crippen LogP contribution in [0, 0.1) is 0 Å². The highest BCUT2D eigenvalue weighted by Gasteiger charge is 2.25. The molecule has 0 saturated carbocycles. The average molecular weight is 414 g/mol. The van der Waals surface area contributed by atoms with E-state index in [2.05, 4.69) is 0 Å². The molecule has 0 atom stereocenters. The molecule has 3 aromatic carbocycles. The van der Waals surface area contributed by atoms with Crippen molar-refractivity contribution in [3.05, 3.63) is 94.7 Å². The van der Waals surface area contributed by atoms with E-state index in [0.29, 0.717) is 56.9 Å². The third kappa shape index (κ3) is 3.70. The highest BCUT2D eigenvalue weighted by atomic mass is 16.5. The third-order valence-electron chi connectivity index (χ3n) is 5.29. The van der Waals surface area contributed by atoms with Gasteiger partial charge in [-0.3, -0.25) is 9.59 Å². The number of aryl methyl sites for hydroxylation is 1. The number of benzene rings is 3. The van der Waals surface area contributed by atoms with Crippen molar-refractivity contribution in [1.82, 2.24) is 0 Å². The van der Waals surface area contributed by atoms with Crippen LogP contribution in [-0.2, 0) is 6.42 Å². The molecule has 4 rings (SSSR count). The van der Waals surface area contributed by atoms with Crippen LogP contribution in [0.3, 0.4) is 0 Å². The molecule has 0 spiro atoms. The van der Waals surface area contributed by atoms with E-state index in [1.54, 1.807) is 80.9 Å². The standard InChI is InChI=1S/C26H22O5/c1-4-21-24(26(28)17-10-14-19(30-3)15-11-17)23-20(6-5-7-22(23)31-21)25(27)16-8-12-18(29-2)13-9-16/h5-15H,4H2,1-3H3. The van der Waals surface area contributed by atoms with E-state index in [1.165, 1.54) is 0 Å². The van der Waals surface area contributed by atoms with Crippen molar-refractivity contribution in [2.24, 2.45) is 0 Å². The number of fused-ring (bicyclic) bond motifs is 1. The van der Waals surface area contributed by atoms with Gasteiger partial charge in [-0.15, -0.1) is 0 Å². The van der Waals surface area contributed by atoms with Crippen LogP contribution in [0.25, 0.3) is 11.0 Å². The monoisotopic (exact) mass is 414 g/mol. The Morgan fingerprint density at radius 1 is 0.774 bits per heavy atom. The molecule has 0 radical (unpaired) electrons. The largest absolute Gasteiger partial charge is 0.497 e. The number of hydrogen-bond donors (Lipinski definition) is 0. The molecule has 0 aliphatic carbocycles. The molecule has 31 heavy (non-hydrogen) atoms. The minimum absolute atomic E-state index is 0.180. The number of rotatable bonds is 7. The first-order chi connectivity index (χ1) is 15.1. The molecule has 0 amide bonds. The van der Waals surface area contributed by atoms with Crippen molar-refractivity contribution in [1.29, 1.82) is 0 Å². The second-order valence-corrected chi connectivity index (χ2v) is 7.05. The van der Waals surface area contributed by atoms with Crippen molar-refractivity contribution in [2.45, 2.75) is 13.3 Å². The Bertz CT molecular complexity index is 1250. The number of carbonyl (C=O) groups excluding carboxylic acids is 2. The minimum atomic E-state index is -0.187. The van der Waals surface area contributed by atoms with E-state index in [-0.39, 0.29) is 11.6 Å². The fourth-order valence-electron chi connectivity index (χ4n) is 3.66. The Hall–Kier alpha value is -3.86. The van der Waals surface area contributed by atoms with Crippen molar-refractivity contribution < 1.29 is 23.5 Å². The Kier molecular flexibility index (Phi) is 5.58. The summed E-state index contributed by atoms with van der Waals surface area (Å²) in [7, 11) is 3.15. The zero-order valence-corrected chi connectivity index (χ0v) is 17.6. The molecule has 4 aromatic rings. The van der Waals surface area contributed by atoms with Crippen LogP contribution in [-0.4, -0.2) is 25.8 Å². The van der Waals surface area contributed by atoms with Gasteiger partial charge >= 0.3 is 0 Å². The summed E-state index contributed by atoms with van der Waals surface area (Å²) in [6, 6.07) is 19.1. The van der Waals surface area contributed by atoms with Crippen LogP contribution in [0.15, 0.2) is 71.1 Å². The van der Waals surface area contributed by atoms with Crippen molar-refractivity contribution >= 4 is 22.5 Å². The van der Waals surface area contributed by atoms with Gasteiger partial charge in [-0.1, -0.05) is 19.1 Å². The summed E-state index contributed by atoms with van der Waals surface area (Å²) in [6.07, 6.45) is 0.530. The molecule has 0 bridgehead atoms. The molecule has 5 heteroatoms. The quantitative estimate of drug-likeness (QED) is 0.375. The average Bonchev–Trinajstić information content (AvgIpc) is 3.22. The van der Waals surface area contributed by atoms with Gasteiger partial charge in [0.1, 0.15) is 22.8 Å². The highest BCUT2D eigenvalue weighted by molar-refractivity contribution is 6.24. The smallest absolute Gasteiger partial charge is 0.197 e. The van der Waals surface area contributed by atoms with E-state index in [1.807, 2.05) is 6.92 Å². The molecular weight excluding hydrogens is 392 g/mol. The number of carbonyl (C=O) groups is 2. The predicted molar refractivity (Wildman–Crippen MR) is 118 cm³/mol. The first kappa shape index (κ1) is 20.4. The molecule has 0 unspecified atom stereocenters. The summed E-state index contributed by atoms with van der Waals surface area (Å²) in [5.41, 5.74) is 2.40. The lowest BCUT2D eigenvalue weighted by Gasteiger charge is -2.07. The summed E-state index contributed by atoms with van der Waals surface area (Å²) in [5.74, 6) is 1.53. The van der Waals surface area contributed by atoms with Gasteiger partial charge in [-0.25, -0.2) is 0 Å². The number of ketones is 2. The zero-order chi connectivity index (χ0) is 22.0. The van der Waals surface area contributed by atoms with Crippen LogP contribution < -0.4 is 9.47 Å². The Morgan fingerprint density at radius 2 is 1.32 bits per heavy atom. The highest BCUT2D eigenvalue weighted by Crippen LogP contribution is 2.33. The van der Waals surface area contributed by atoms with E-state index in [0.717, 1.165) is 0 Å². The maximum absolute atomic E-state index is 13.5. The molecule has 0 N–H and O–H groups in total. The number of furan rings is 1. The van der Waals surface area contributed by atoms with Crippen molar-refractivity contribution in [3.63, 3.8) is 0 Å². The second kappa shape index (κ2) is 8.48. The van der Waals surface area contributed by atoms with Gasteiger partial charge in [0, 0.05) is 28.5 Å². The lowest BCUT2D eigenvalue weighted by molar-refractivity contribution is 0.103. The van der Waals surface area contributed by atoms with Crippen LogP contribution >= 0.6 is 0 Å². The number of methoxy groups -OCH3 is 2. The van der Waals surface area contributed by atoms with Gasteiger partial charge in [-0.05, 0) is 54.6 Å².